The van der Waals surface area contributed by atoms with E-state index in [0.717, 1.165) is 6.42 Å². The Morgan fingerprint density at radius 2 is 2.17 bits per heavy atom. The van der Waals surface area contributed by atoms with Gasteiger partial charge < -0.3 is 9.84 Å². The number of nitrogens with zero attached hydrogens (tertiary/aromatic N) is 2. The van der Waals surface area contributed by atoms with Gasteiger partial charge in [0.2, 0.25) is 11.8 Å². The summed E-state index contributed by atoms with van der Waals surface area (Å²) < 4.78 is 4.99. The van der Waals surface area contributed by atoms with Crippen LogP contribution < -0.4 is 10.2 Å². The highest BCUT2D eigenvalue weighted by Crippen LogP contribution is 2.24. The summed E-state index contributed by atoms with van der Waals surface area (Å²) in [5, 5.41) is 6.75. The molecule has 23 heavy (non-hydrogen) atoms. The molecular formula is C17H19N3O3. The van der Waals surface area contributed by atoms with E-state index in [9.17, 15) is 9.59 Å². The molecule has 1 unspecified atom stereocenters. The number of amides is 2. The predicted octanol–water partition coefficient (Wildman–Crippen LogP) is 1.69. The highest BCUT2D eigenvalue weighted by molar-refractivity contribution is 5.99. The number of benzene rings is 1. The Morgan fingerprint density at radius 3 is 2.87 bits per heavy atom. The first kappa shape index (κ1) is 15.3. The van der Waals surface area contributed by atoms with Crippen molar-refractivity contribution in [1.29, 1.82) is 0 Å². The third-order valence-corrected chi connectivity index (χ3v) is 3.94. The van der Waals surface area contributed by atoms with Gasteiger partial charge in [0.15, 0.2) is 5.82 Å². The summed E-state index contributed by atoms with van der Waals surface area (Å²) in [5.41, 5.74) is 1.18. The predicted molar refractivity (Wildman–Crippen MR) is 84.9 cm³/mol. The summed E-state index contributed by atoms with van der Waals surface area (Å²) in [7, 11) is 0. The summed E-state index contributed by atoms with van der Waals surface area (Å²) in [6, 6.07) is 11.7. The Balaban J connectivity index is 1.51. The van der Waals surface area contributed by atoms with Crippen molar-refractivity contribution >= 4 is 17.6 Å². The number of nitrogens with one attached hydrogen (secondary N) is 1. The van der Waals surface area contributed by atoms with Crippen LogP contribution in [0.25, 0.3) is 0 Å². The van der Waals surface area contributed by atoms with E-state index in [4.69, 9.17) is 4.52 Å². The van der Waals surface area contributed by atoms with Gasteiger partial charge in [-0.2, -0.15) is 0 Å². The van der Waals surface area contributed by atoms with E-state index in [1.54, 1.807) is 13.0 Å². The first-order valence-corrected chi connectivity index (χ1v) is 7.69. The molecule has 0 radical (unpaired) electrons. The minimum absolute atomic E-state index is 0.0861. The zero-order chi connectivity index (χ0) is 16.2. The van der Waals surface area contributed by atoms with E-state index in [-0.39, 0.29) is 24.2 Å². The smallest absolute Gasteiger partial charge is 0.229 e. The SMILES string of the molecule is Cc1cc(N2CC(C(=O)NCCc3ccccc3)CC2=O)no1. The van der Waals surface area contributed by atoms with Crippen molar-refractivity contribution in [3.63, 3.8) is 0 Å². The molecule has 1 fully saturated rings. The number of hydrogen-bond donors (Lipinski definition) is 1. The molecule has 1 saturated heterocycles. The largest absolute Gasteiger partial charge is 0.360 e. The summed E-state index contributed by atoms with van der Waals surface area (Å²) in [6.07, 6.45) is 0.989. The van der Waals surface area contributed by atoms with Crippen molar-refractivity contribution in [2.45, 2.75) is 19.8 Å². The van der Waals surface area contributed by atoms with Crippen LogP contribution in [-0.4, -0.2) is 30.1 Å². The third-order valence-electron chi connectivity index (χ3n) is 3.94. The Bertz CT molecular complexity index is 696. The van der Waals surface area contributed by atoms with Gasteiger partial charge in [0, 0.05) is 25.6 Å². The lowest BCUT2D eigenvalue weighted by molar-refractivity contribution is -0.126. The van der Waals surface area contributed by atoms with Crippen molar-refractivity contribution in [2.75, 3.05) is 18.0 Å². The van der Waals surface area contributed by atoms with Gasteiger partial charge in [0.05, 0.1) is 5.92 Å². The van der Waals surface area contributed by atoms with Crippen molar-refractivity contribution < 1.29 is 14.1 Å². The van der Waals surface area contributed by atoms with E-state index < -0.39 is 0 Å². The molecule has 1 aliphatic heterocycles. The maximum atomic E-state index is 12.2. The van der Waals surface area contributed by atoms with E-state index in [1.807, 2.05) is 30.3 Å². The lowest BCUT2D eigenvalue weighted by atomic mass is 10.1. The van der Waals surface area contributed by atoms with Crippen LogP contribution >= 0.6 is 0 Å². The first-order valence-electron chi connectivity index (χ1n) is 7.69. The van der Waals surface area contributed by atoms with Gasteiger partial charge in [0.25, 0.3) is 0 Å². The summed E-state index contributed by atoms with van der Waals surface area (Å²) >= 11 is 0. The van der Waals surface area contributed by atoms with Gasteiger partial charge in [-0.1, -0.05) is 35.5 Å². The van der Waals surface area contributed by atoms with Gasteiger partial charge in [-0.05, 0) is 18.9 Å². The second kappa shape index (κ2) is 6.64. The average Bonchev–Trinajstić information content (AvgIpc) is 3.14. The van der Waals surface area contributed by atoms with Crippen LogP contribution in [0.15, 0.2) is 40.9 Å². The van der Waals surface area contributed by atoms with Gasteiger partial charge in [-0.25, -0.2) is 0 Å². The molecule has 0 bridgehead atoms. The topological polar surface area (TPSA) is 75.4 Å². The van der Waals surface area contributed by atoms with Gasteiger partial charge in [-0.15, -0.1) is 0 Å². The van der Waals surface area contributed by atoms with Crippen molar-refractivity contribution in [2.24, 2.45) is 5.92 Å². The van der Waals surface area contributed by atoms with Crippen LogP contribution in [0, 0.1) is 12.8 Å². The average molecular weight is 313 g/mol. The molecule has 1 N–H and O–H groups in total. The standard InChI is InChI=1S/C17H19N3O3/c1-12-9-15(19-23-12)20-11-14(10-16(20)21)17(22)18-8-7-13-5-3-2-4-6-13/h2-6,9,14H,7-8,10-11H2,1H3,(H,18,22). The fourth-order valence-electron chi connectivity index (χ4n) is 2.70. The highest BCUT2D eigenvalue weighted by atomic mass is 16.5. The second-order valence-corrected chi connectivity index (χ2v) is 5.73. The number of rotatable bonds is 5. The number of hydrogen-bond acceptors (Lipinski definition) is 4. The zero-order valence-corrected chi connectivity index (χ0v) is 13.0. The number of aryl methyl sites for hydroxylation is 1. The fourth-order valence-corrected chi connectivity index (χ4v) is 2.70. The number of anilines is 1. The molecule has 6 nitrogen and oxygen atoms in total. The normalized spacial score (nSPS) is 17.5. The Kier molecular flexibility index (Phi) is 4.41. The molecule has 2 heterocycles. The van der Waals surface area contributed by atoms with E-state index in [1.165, 1.54) is 10.5 Å². The quantitative estimate of drug-likeness (QED) is 0.911. The molecule has 2 aromatic rings. The number of aromatic nitrogens is 1. The molecule has 2 amide bonds. The molecule has 0 saturated carbocycles. The molecule has 1 aromatic heterocycles. The van der Waals surface area contributed by atoms with E-state index >= 15 is 0 Å². The zero-order valence-electron chi connectivity index (χ0n) is 13.0. The Labute approximate surface area is 134 Å². The van der Waals surface area contributed by atoms with Crippen LogP contribution in [0.3, 0.4) is 0 Å². The molecule has 6 heteroatoms. The molecule has 1 atom stereocenters. The van der Waals surface area contributed by atoms with Crippen LogP contribution in [0.1, 0.15) is 17.7 Å². The third kappa shape index (κ3) is 3.59. The lowest BCUT2D eigenvalue weighted by Gasteiger charge is -2.13. The minimum Gasteiger partial charge on any atom is -0.360 e. The van der Waals surface area contributed by atoms with E-state index in [2.05, 4.69) is 10.5 Å². The van der Waals surface area contributed by atoms with Crippen LogP contribution in [-0.2, 0) is 16.0 Å². The van der Waals surface area contributed by atoms with Crippen molar-refractivity contribution in [1.82, 2.24) is 10.5 Å². The molecular weight excluding hydrogens is 294 g/mol. The van der Waals surface area contributed by atoms with Crippen LogP contribution in [0.2, 0.25) is 0 Å². The van der Waals surface area contributed by atoms with E-state index in [0.29, 0.717) is 24.7 Å². The maximum Gasteiger partial charge on any atom is 0.229 e. The van der Waals surface area contributed by atoms with Gasteiger partial charge >= 0.3 is 0 Å². The van der Waals surface area contributed by atoms with Crippen molar-refractivity contribution in [3.05, 3.63) is 47.7 Å². The number of carbonyl (C=O) groups is 2. The molecule has 1 aromatic carbocycles. The molecule has 0 spiro atoms. The maximum absolute atomic E-state index is 12.2. The molecule has 1 aliphatic rings. The summed E-state index contributed by atoms with van der Waals surface area (Å²) in [4.78, 5) is 25.8. The molecule has 120 valence electrons. The molecule has 3 rings (SSSR count). The van der Waals surface area contributed by atoms with Crippen molar-refractivity contribution in [3.8, 4) is 0 Å². The minimum atomic E-state index is -0.338. The van der Waals surface area contributed by atoms with Gasteiger partial charge in [0.1, 0.15) is 5.76 Å². The Hall–Kier alpha value is -2.63. The summed E-state index contributed by atoms with van der Waals surface area (Å²) in [5.74, 6) is 0.601. The number of carbonyl (C=O) groups excluding carboxylic acids is 2. The first-order chi connectivity index (χ1) is 11.1. The fraction of sp³-hybridized carbons (Fsp3) is 0.353. The lowest BCUT2D eigenvalue weighted by Crippen LogP contribution is -2.34. The van der Waals surface area contributed by atoms with Crippen LogP contribution in [0.5, 0.6) is 0 Å². The van der Waals surface area contributed by atoms with Gasteiger partial charge in [-0.3, -0.25) is 14.5 Å². The second-order valence-electron chi connectivity index (χ2n) is 5.73. The van der Waals surface area contributed by atoms with Crippen LogP contribution in [0.4, 0.5) is 5.82 Å². The monoisotopic (exact) mass is 313 g/mol. The summed E-state index contributed by atoms with van der Waals surface area (Å²) in [6.45, 7) is 2.68. The highest BCUT2D eigenvalue weighted by Gasteiger charge is 2.36. The molecule has 0 aliphatic carbocycles. The Morgan fingerprint density at radius 1 is 1.39 bits per heavy atom.